The molecule has 0 bridgehead atoms. The minimum atomic E-state index is -4.96. The molecule has 4 aromatic rings. The van der Waals surface area contributed by atoms with Crippen molar-refractivity contribution in [1.82, 2.24) is 34.7 Å². The number of pyridine rings is 2. The van der Waals surface area contributed by atoms with Gasteiger partial charge in [0.1, 0.15) is 18.0 Å². The second kappa shape index (κ2) is 8.44. The normalized spacial score (nSPS) is 11.1. The third-order valence-electron chi connectivity index (χ3n) is 4.60. The lowest BCUT2D eigenvalue weighted by molar-refractivity contribution is -0.143. The van der Waals surface area contributed by atoms with Crippen molar-refractivity contribution in [3.05, 3.63) is 70.9 Å². The third kappa shape index (κ3) is 4.03. The van der Waals surface area contributed by atoms with E-state index in [4.69, 9.17) is 11.0 Å². The first-order valence-electron chi connectivity index (χ1n) is 9.34. The number of hydrogen-bond acceptors (Lipinski definition) is 9. The molecule has 0 aliphatic rings. The molecule has 4 heterocycles. The molecule has 0 spiro atoms. The Morgan fingerprint density at radius 2 is 1.76 bits per heavy atom. The van der Waals surface area contributed by atoms with E-state index in [-0.39, 0.29) is 34.1 Å². The number of nitrogen functional groups attached to an aromatic ring is 1. The molecule has 0 radical (unpaired) electrons. The highest BCUT2D eigenvalue weighted by molar-refractivity contribution is 5.98. The standard InChI is InChI=1S/C20H11F3N10O/c21-20(22,23)17-14(10-30-32(17)16-2-1-12(7-24)18(26)31-16)15(34)6-11-5-13(8-25)19(27-9-11)33-28-3-4-29-33/h1-5,9-10H,6H2,(H2,26,31). The lowest BCUT2D eigenvalue weighted by atomic mass is 10.0. The molecule has 4 aromatic heterocycles. The van der Waals surface area contributed by atoms with Crippen LogP contribution in [0.4, 0.5) is 19.0 Å². The molecule has 2 N–H and O–H groups in total. The highest BCUT2D eigenvalue weighted by atomic mass is 19.4. The van der Waals surface area contributed by atoms with Gasteiger partial charge in [-0.1, -0.05) is 0 Å². The predicted octanol–water partition coefficient (Wildman–Crippen LogP) is 2.01. The second-order valence-electron chi connectivity index (χ2n) is 6.78. The van der Waals surface area contributed by atoms with Gasteiger partial charge in [-0.15, -0.1) is 4.80 Å². The number of anilines is 1. The third-order valence-corrected chi connectivity index (χ3v) is 4.60. The van der Waals surface area contributed by atoms with E-state index in [1.807, 2.05) is 6.07 Å². The van der Waals surface area contributed by atoms with Crippen LogP contribution in [0.1, 0.15) is 32.7 Å². The fourth-order valence-corrected chi connectivity index (χ4v) is 3.12. The summed E-state index contributed by atoms with van der Waals surface area (Å²) in [6, 6.07) is 7.32. The lowest BCUT2D eigenvalue weighted by Crippen LogP contribution is -2.19. The van der Waals surface area contributed by atoms with Crippen molar-refractivity contribution in [1.29, 1.82) is 10.5 Å². The second-order valence-corrected chi connectivity index (χ2v) is 6.78. The van der Waals surface area contributed by atoms with Crippen LogP contribution in [0.25, 0.3) is 11.6 Å². The van der Waals surface area contributed by atoms with Crippen LogP contribution in [-0.4, -0.2) is 40.5 Å². The van der Waals surface area contributed by atoms with Gasteiger partial charge in [-0.3, -0.25) is 4.79 Å². The summed E-state index contributed by atoms with van der Waals surface area (Å²) in [6.45, 7) is 0. The molecule has 0 unspecified atom stereocenters. The SMILES string of the molecule is N#Cc1ccc(-n2ncc(C(=O)Cc3cnc(-n4nccn4)c(C#N)c3)c2C(F)(F)F)nc1N. The van der Waals surface area contributed by atoms with Crippen LogP contribution in [0, 0.1) is 22.7 Å². The summed E-state index contributed by atoms with van der Waals surface area (Å²) in [5.74, 6) is -1.39. The number of aromatic nitrogens is 7. The molecule has 4 rings (SSSR count). The smallest absolute Gasteiger partial charge is 0.383 e. The Kier molecular flexibility index (Phi) is 5.48. The van der Waals surface area contributed by atoms with Crippen LogP contribution in [0.3, 0.4) is 0 Å². The molecule has 0 aliphatic heterocycles. The van der Waals surface area contributed by atoms with Gasteiger partial charge < -0.3 is 5.73 Å². The van der Waals surface area contributed by atoms with Crippen molar-refractivity contribution < 1.29 is 18.0 Å². The van der Waals surface area contributed by atoms with E-state index in [0.717, 1.165) is 17.1 Å². The number of ketones is 1. The van der Waals surface area contributed by atoms with Crippen LogP contribution >= 0.6 is 0 Å². The molecule has 0 saturated carbocycles. The van der Waals surface area contributed by atoms with Crippen LogP contribution < -0.4 is 5.73 Å². The van der Waals surface area contributed by atoms with Crippen LogP contribution in [0.15, 0.2) is 43.0 Å². The first-order valence-corrected chi connectivity index (χ1v) is 9.34. The van der Waals surface area contributed by atoms with Gasteiger partial charge in [0.15, 0.2) is 23.1 Å². The molecule has 11 nitrogen and oxygen atoms in total. The monoisotopic (exact) mass is 464 g/mol. The van der Waals surface area contributed by atoms with E-state index in [9.17, 15) is 23.2 Å². The highest BCUT2D eigenvalue weighted by Gasteiger charge is 2.40. The van der Waals surface area contributed by atoms with Gasteiger partial charge in [0.25, 0.3) is 0 Å². The van der Waals surface area contributed by atoms with Gasteiger partial charge in [-0.25, -0.2) is 14.6 Å². The van der Waals surface area contributed by atoms with Gasteiger partial charge >= 0.3 is 6.18 Å². The average molecular weight is 464 g/mol. The maximum atomic E-state index is 13.9. The molecule has 0 amide bonds. The summed E-state index contributed by atoms with van der Waals surface area (Å²) >= 11 is 0. The van der Waals surface area contributed by atoms with Gasteiger partial charge in [-0.05, 0) is 23.8 Å². The van der Waals surface area contributed by atoms with Gasteiger partial charge in [-0.2, -0.15) is 39.0 Å². The molecule has 34 heavy (non-hydrogen) atoms. The lowest BCUT2D eigenvalue weighted by Gasteiger charge is -2.12. The maximum Gasteiger partial charge on any atom is 0.434 e. The molecule has 168 valence electrons. The molecule has 0 fully saturated rings. The van der Waals surface area contributed by atoms with Gasteiger partial charge in [0, 0.05) is 12.6 Å². The van der Waals surface area contributed by atoms with E-state index in [1.54, 1.807) is 6.07 Å². The number of nitrogens with two attached hydrogens (primary N) is 1. The minimum Gasteiger partial charge on any atom is -0.383 e. The fraction of sp³-hybridized carbons (Fsp3) is 0.100. The van der Waals surface area contributed by atoms with Crippen LogP contribution in [0.2, 0.25) is 0 Å². The maximum absolute atomic E-state index is 13.9. The fourth-order valence-electron chi connectivity index (χ4n) is 3.12. The van der Waals surface area contributed by atoms with Gasteiger partial charge in [0.2, 0.25) is 0 Å². The number of carbonyl (C=O) groups excluding carboxylic acids is 1. The number of rotatable bonds is 5. The summed E-state index contributed by atoms with van der Waals surface area (Å²) in [5, 5.41) is 29.8. The Morgan fingerprint density at radius 3 is 2.38 bits per heavy atom. The molecular weight excluding hydrogens is 453 g/mol. The number of halogens is 3. The Balaban J connectivity index is 1.70. The molecule has 0 aliphatic carbocycles. The van der Waals surface area contributed by atoms with Crippen molar-refractivity contribution in [2.45, 2.75) is 12.6 Å². The number of alkyl halides is 3. The first-order chi connectivity index (χ1) is 16.2. The summed E-state index contributed by atoms with van der Waals surface area (Å²) in [6.07, 6.45) is -0.649. The van der Waals surface area contributed by atoms with E-state index < -0.39 is 29.6 Å². The Bertz CT molecular complexity index is 1480. The zero-order valence-corrected chi connectivity index (χ0v) is 16.9. The number of Topliss-reactive ketones (excluding diaryl/α,β-unsaturated/α-hetero) is 1. The Morgan fingerprint density at radius 1 is 1.06 bits per heavy atom. The first kappa shape index (κ1) is 22.1. The van der Waals surface area contributed by atoms with Gasteiger partial charge in [0.05, 0.1) is 35.3 Å². The summed E-state index contributed by atoms with van der Waals surface area (Å²) in [5.41, 5.74) is 3.78. The number of carbonyl (C=O) groups is 1. The average Bonchev–Trinajstić information content (AvgIpc) is 3.49. The van der Waals surface area contributed by atoms with Crippen molar-refractivity contribution in [3.63, 3.8) is 0 Å². The van der Waals surface area contributed by atoms with Crippen molar-refractivity contribution in [3.8, 4) is 23.8 Å². The topological polar surface area (TPSA) is 165 Å². The predicted molar refractivity (Wildman–Crippen MR) is 107 cm³/mol. The minimum absolute atomic E-state index is 0.0182. The summed E-state index contributed by atoms with van der Waals surface area (Å²) < 4.78 is 42.2. The number of nitrogens with zero attached hydrogens (tertiary/aromatic N) is 9. The molecule has 0 aromatic carbocycles. The highest BCUT2D eigenvalue weighted by Crippen LogP contribution is 2.34. The zero-order valence-electron chi connectivity index (χ0n) is 16.9. The van der Waals surface area contributed by atoms with Crippen molar-refractivity contribution >= 4 is 11.6 Å². The van der Waals surface area contributed by atoms with Crippen molar-refractivity contribution in [2.75, 3.05) is 5.73 Å². The van der Waals surface area contributed by atoms with E-state index in [0.29, 0.717) is 4.68 Å². The molecule has 0 saturated heterocycles. The van der Waals surface area contributed by atoms with E-state index >= 15 is 0 Å². The van der Waals surface area contributed by atoms with E-state index in [1.165, 1.54) is 30.7 Å². The van der Waals surface area contributed by atoms with Crippen LogP contribution in [0.5, 0.6) is 0 Å². The summed E-state index contributed by atoms with van der Waals surface area (Å²) in [4.78, 5) is 21.8. The van der Waals surface area contributed by atoms with Crippen LogP contribution in [-0.2, 0) is 12.6 Å². The van der Waals surface area contributed by atoms with Crippen molar-refractivity contribution in [2.24, 2.45) is 0 Å². The molecule has 14 heteroatoms. The zero-order chi connectivity index (χ0) is 24.5. The largest absolute Gasteiger partial charge is 0.434 e. The molecule has 0 atom stereocenters. The number of hydrogen-bond donors (Lipinski definition) is 1. The summed E-state index contributed by atoms with van der Waals surface area (Å²) in [7, 11) is 0. The number of nitriles is 2. The molecular formula is C20H11F3N10O. The Labute approximate surface area is 188 Å². The van der Waals surface area contributed by atoms with E-state index in [2.05, 4.69) is 25.3 Å². The Hall–Kier alpha value is -5.11. The quantitative estimate of drug-likeness (QED) is 0.435.